The van der Waals surface area contributed by atoms with Crippen LogP contribution in [0.5, 0.6) is 0 Å². The van der Waals surface area contributed by atoms with Crippen molar-refractivity contribution in [1.29, 1.82) is 0 Å². The van der Waals surface area contributed by atoms with Gasteiger partial charge in [-0.2, -0.15) is 20.2 Å². The van der Waals surface area contributed by atoms with Crippen molar-refractivity contribution in [2.45, 2.75) is 38.9 Å². The third-order valence-corrected chi connectivity index (χ3v) is 5.15. The maximum absolute atomic E-state index is 11.8. The van der Waals surface area contributed by atoms with E-state index in [1.807, 2.05) is 13.8 Å². The topological polar surface area (TPSA) is 121 Å². The monoisotopic (exact) mass is 382 g/mol. The van der Waals surface area contributed by atoms with Crippen LogP contribution in [0.15, 0.2) is 0 Å². The molecule has 2 N–H and O–H groups in total. The van der Waals surface area contributed by atoms with Crippen LogP contribution in [0.1, 0.15) is 33.6 Å². The molecule has 0 radical (unpaired) electrons. The highest BCUT2D eigenvalue weighted by molar-refractivity contribution is 7.98. The van der Waals surface area contributed by atoms with Gasteiger partial charge in [-0.1, -0.05) is 20.8 Å². The van der Waals surface area contributed by atoms with Gasteiger partial charge in [-0.15, -0.1) is 0 Å². The van der Waals surface area contributed by atoms with Gasteiger partial charge in [0.25, 0.3) is 10.1 Å². The summed E-state index contributed by atoms with van der Waals surface area (Å²) in [6.07, 6.45) is 1.89. The Labute approximate surface area is 147 Å². The second-order valence-corrected chi connectivity index (χ2v) is 7.65. The van der Waals surface area contributed by atoms with Gasteiger partial charge in [0.1, 0.15) is 0 Å². The molecule has 0 saturated carbocycles. The molecule has 0 bridgehead atoms. The van der Waals surface area contributed by atoms with Crippen molar-refractivity contribution in [3.8, 4) is 0 Å². The number of nitrogens with one attached hydrogen (secondary N) is 1. The van der Waals surface area contributed by atoms with E-state index in [-0.39, 0.29) is 43.7 Å². The normalized spacial score (nSPS) is 18.9. The first-order valence-electron chi connectivity index (χ1n) is 7.75. The average Bonchev–Trinajstić information content (AvgIpc) is 2.74. The lowest BCUT2D eigenvalue weighted by Crippen LogP contribution is -2.44. The Kier molecular flexibility index (Phi) is 10.2. The van der Waals surface area contributed by atoms with Crippen LogP contribution in [-0.4, -0.2) is 65.9 Å². The predicted molar refractivity (Wildman–Crippen MR) is 93.2 cm³/mol. The quantitative estimate of drug-likeness (QED) is 0.464. The van der Waals surface area contributed by atoms with E-state index in [0.717, 1.165) is 4.90 Å². The van der Waals surface area contributed by atoms with Crippen molar-refractivity contribution in [3.63, 3.8) is 0 Å². The summed E-state index contributed by atoms with van der Waals surface area (Å²) in [5.74, 6) is -1.40. The van der Waals surface area contributed by atoms with E-state index < -0.39 is 21.3 Å². The van der Waals surface area contributed by atoms with Gasteiger partial charge in [0.15, 0.2) is 5.25 Å². The number of nitrogens with zero attached hydrogens (tertiary/aromatic N) is 1. The molecule has 0 aromatic rings. The number of imide groups is 1. The van der Waals surface area contributed by atoms with Crippen LogP contribution in [-0.2, 0) is 24.5 Å². The van der Waals surface area contributed by atoms with Crippen LogP contribution >= 0.6 is 11.8 Å². The SMILES string of the molecule is CC.CSCCC(C(=O)NCCN1C(=O)CC(C)C1=O)S(=O)(=O)O. The van der Waals surface area contributed by atoms with Crippen LogP contribution in [0.4, 0.5) is 0 Å². The molecule has 3 amide bonds. The Hall–Kier alpha value is -1.13. The summed E-state index contributed by atoms with van der Waals surface area (Å²) in [7, 11) is -4.49. The molecule has 8 nitrogen and oxygen atoms in total. The average molecular weight is 383 g/mol. The highest BCUT2D eigenvalue weighted by Gasteiger charge is 2.35. The summed E-state index contributed by atoms with van der Waals surface area (Å²) in [6.45, 7) is 5.60. The zero-order chi connectivity index (χ0) is 18.9. The summed E-state index contributed by atoms with van der Waals surface area (Å²) < 4.78 is 31.5. The Morgan fingerprint density at radius 3 is 2.42 bits per heavy atom. The molecule has 0 aliphatic carbocycles. The molecular formula is C14H26N2O6S2. The minimum Gasteiger partial charge on any atom is -0.353 e. The first-order valence-corrected chi connectivity index (χ1v) is 10.6. The molecule has 1 rings (SSSR count). The smallest absolute Gasteiger partial charge is 0.276 e. The van der Waals surface area contributed by atoms with Crippen LogP contribution in [0.2, 0.25) is 0 Å². The molecular weight excluding hydrogens is 356 g/mol. The van der Waals surface area contributed by atoms with Gasteiger partial charge < -0.3 is 5.32 Å². The predicted octanol–water partition coefficient (Wildman–Crippen LogP) is 0.533. The first kappa shape index (κ1) is 22.9. The molecule has 0 aromatic carbocycles. The zero-order valence-electron chi connectivity index (χ0n) is 14.4. The van der Waals surface area contributed by atoms with Crippen LogP contribution in [0.3, 0.4) is 0 Å². The zero-order valence-corrected chi connectivity index (χ0v) is 16.1. The standard InChI is InChI=1S/C12H20N2O6S2.C2H6/c1-8-7-10(15)14(12(8)17)5-4-13-11(16)9(3-6-21-2)22(18,19)20;1-2/h8-9H,3-7H2,1-2H3,(H,13,16)(H,18,19,20);1-2H3. The number of hydrogen-bond acceptors (Lipinski definition) is 6. The molecule has 1 saturated heterocycles. The number of carbonyl (C=O) groups excluding carboxylic acids is 3. The number of rotatable bonds is 8. The Bertz CT molecular complexity index is 549. The minimum atomic E-state index is -4.49. The van der Waals surface area contributed by atoms with E-state index in [9.17, 15) is 22.8 Å². The molecule has 1 aliphatic heterocycles. The van der Waals surface area contributed by atoms with Gasteiger partial charge in [0.2, 0.25) is 17.7 Å². The van der Waals surface area contributed by atoms with Crippen molar-refractivity contribution in [2.24, 2.45) is 5.92 Å². The van der Waals surface area contributed by atoms with Gasteiger partial charge in [0.05, 0.1) is 0 Å². The molecule has 0 aromatic heterocycles. The number of carbonyl (C=O) groups is 3. The molecule has 1 fully saturated rings. The van der Waals surface area contributed by atoms with E-state index >= 15 is 0 Å². The van der Waals surface area contributed by atoms with E-state index in [2.05, 4.69) is 5.32 Å². The highest BCUT2D eigenvalue weighted by Crippen LogP contribution is 2.17. The maximum atomic E-state index is 11.8. The maximum Gasteiger partial charge on any atom is 0.276 e. The Balaban J connectivity index is 0.00000254. The van der Waals surface area contributed by atoms with Crippen LogP contribution < -0.4 is 5.32 Å². The van der Waals surface area contributed by atoms with Crippen molar-refractivity contribution < 1.29 is 27.4 Å². The van der Waals surface area contributed by atoms with E-state index in [4.69, 9.17) is 4.55 Å². The lowest BCUT2D eigenvalue weighted by atomic mass is 10.1. The Morgan fingerprint density at radius 1 is 1.42 bits per heavy atom. The molecule has 2 unspecified atom stereocenters. The number of likely N-dealkylation sites (tertiary alicyclic amines) is 1. The summed E-state index contributed by atoms with van der Waals surface area (Å²) in [4.78, 5) is 36.1. The second kappa shape index (κ2) is 10.7. The lowest BCUT2D eigenvalue weighted by Gasteiger charge is -2.17. The van der Waals surface area contributed by atoms with Gasteiger partial charge >= 0.3 is 0 Å². The summed E-state index contributed by atoms with van der Waals surface area (Å²) >= 11 is 1.36. The third kappa shape index (κ3) is 6.78. The fourth-order valence-corrected chi connectivity index (χ4v) is 3.52. The van der Waals surface area contributed by atoms with E-state index in [1.165, 1.54) is 11.8 Å². The summed E-state index contributed by atoms with van der Waals surface area (Å²) in [6, 6.07) is 0. The van der Waals surface area contributed by atoms with Crippen molar-refractivity contribution in [2.75, 3.05) is 25.1 Å². The van der Waals surface area contributed by atoms with Gasteiger partial charge in [0, 0.05) is 25.4 Å². The molecule has 2 atom stereocenters. The van der Waals surface area contributed by atoms with Crippen molar-refractivity contribution in [3.05, 3.63) is 0 Å². The minimum absolute atomic E-state index is 0.00549. The van der Waals surface area contributed by atoms with E-state index in [1.54, 1.807) is 13.2 Å². The number of hydrogen-bond donors (Lipinski definition) is 2. The number of thioether (sulfide) groups is 1. The summed E-state index contributed by atoms with van der Waals surface area (Å²) in [5.41, 5.74) is 0. The van der Waals surface area contributed by atoms with Crippen molar-refractivity contribution >= 4 is 39.6 Å². The highest BCUT2D eigenvalue weighted by atomic mass is 32.2. The largest absolute Gasteiger partial charge is 0.353 e. The lowest BCUT2D eigenvalue weighted by molar-refractivity contribution is -0.139. The van der Waals surface area contributed by atoms with Gasteiger partial charge in [-0.25, -0.2) is 0 Å². The molecule has 140 valence electrons. The second-order valence-electron chi connectivity index (χ2n) is 5.06. The fraction of sp³-hybridized carbons (Fsp3) is 0.786. The third-order valence-electron chi connectivity index (χ3n) is 3.34. The fourth-order valence-electron chi connectivity index (χ4n) is 2.13. The molecule has 10 heteroatoms. The molecule has 24 heavy (non-hydrogen) atoms. The molecule has 0 spiro atoms. The van der Waals surface area contributed by atoms with E-state index in [0.29, 0.717) is 5.75 Å². The molecule has 1 aliphatic rings. The molecule has 1 heterocycles. The summed E-state index contributed by atoms with van der Waals surface area (Å²) in [5, 5.41) is 0.809. The van der Waals surface area contributed by atoms with Crippen molar-refractivity contribution in [1.82, 2.24) is 10.2 Å². The first-order chi connectivity index (χ1) is 11.2. The van der Waals surface area contributed by atoms with Crippen LogP contribution in [0, 0.1) is 5.92 Å². The Morgan fingerprint density at radius 2 is 2.00 bits per heavy atom. The van der Waals surface area contributed by atoms with Gasteiger partial charge in [-0.05, 0) is 18.4 Å². The number of amides is 3. The van der Waals surface area contributed by atoms with Gasteiger partial charge in [-0.3, -0.25) is 23.8 Å². The van der Waals surface area contributed by atoms with Crippen LogP contribution in [0.25, 0.3) is 0 Å².